The molecule has 0 aliphatic rings. The molecule has 0 aliphatic heterocycles. The molecule has 0 atom stereocenters. The maximum atomic E-state index is 13.3. The van der Waals surface area contributed by atoms with Crippen molar-refractivity contribution in [3.05, 3.63) is 23.3 Å². The van der Waals surface area contributed by atoms with Crippen LogP contribution in [0.4, 0.5) is 17.6 Å². The Morgan fingerprint density at radius 1 is 1.50 bits per heavy atom. The summed E-state index contributed by atoms with van der Waals surface area (Å²) in [5.74, 6) is -2.60. The van der Waals surface area contributed by atoms with Gasteiger partial charge < -0.3 is 10.5 Å². The van der Waals surface area contributed by atoms with Gasteiger partial charge in [-0.1, -0.05) is 0 Å². The number of hydrogen-bond acceptors (Lipinski definition) is 4. The second-order valence-corrected chi connectivity index (χ2v) is 2.67. The van der Waals surface area contributed by atoms with Gasteiger partial charge in [0.15, 0.2) is 17.9 Å². The molecule has 1 aromatic rings. The number of aldehydes is 1. The minimum atomic E-state index is -5.09. The number of pyridine rings is 1. The van der Waals surface area contributed by atoms with Gasteiger partial charge in [-0.05, 0) is 0 Å². The topological polar surface area (TPSA) is 65.2 Å². The Morgan fingerprint density at radius 2 is 2.12 bits per heavy atom. The summed E-state index contributed by atoms with van der Waals surface area (Å²) in [5.41, 5.74) is 4.00. The van der Waals surface area contributed by atoms with E-state index in [1.165, 1.54) is 0 Å². The van der Waals surface area contributed by atoms with Gasteiger partial charge in [-0.15, -0.1) is 13.2 Å². The summed E-state index contributed by atoms with van der Waals surface area (Å²) in [6.45, 7) is -0.404. The van der Waals surface area contributed by atoms with Crippen LogP contribution in [0.3, 0.4) is 0 Å². The van der Waals surface area contributed by atoms with Crippen LogP contribution in [0.5, 0.6) is 5.75 Å². The Labute approximate surface area is 87.0 Å². The van der Waals surface area contributed by atoms with Crippen LogP contribution < -0.4 is 10.5 Å². The van der Waals surface area contributed by atoms with Gasteiger partial charge in [-0.3, -0.25) is 9.78 Å². The number of halogens is 4. The third-order valence-corrected chi connectivity index (χ3v) is 1.61. The van der Waals surface area contributed by atoms with E-state index < -0.39 is 35.7 Å². The zero-order chi connectivity index (χ0) is 12.3. The van der Waals surface area contributed by atoms with Gasteiger partial charge in [0.2, 0.25) is 0 Å². The van der Waals surface area contributed by atoms with E-state index in [1.54, 1.807) is 0 Å². The van der Waals surface area contributed by atoms with Crippen LogP contribution in [0.2, 0.25) is 0 Å². The van der Waals surface area contributed by atoms with Crippen LogP contribution in [0.1, 0.15) is 16.1 Å². The fourth-order valence-corrected chi connectivity index (χ4v) is 0.966. The van der Waals surface area contributed by atoms with Crippen molar-refractivity contribution in [2.75, 3.05) is 0 Å². The molecule has 4 nitrogen and oxygen atoms in total. The maximum Gasteiger partial charge on any atom is 0.573 e. The molecule has 0 bridgehead atoms. The summed E-state index contributed by atoms with van der Waals surface area (Å²) >= 11 is 0. The van der Waals surface area contributed by atoms with Crippen LogP contribution >= 0.6 is 0 Å². The molecular formula is C8H6F4N2O2. The van der Waals surface area contributed by atoms with Crippen molar-refractivity contribution in [2.45, 2.75) is 12.9 Å². The van der Waals surface area contributed by atoms with E-state index in [1.807, 2.05) is 0 Å². The molecule has 0 spiro atoms. The number of nitrogens with zero attached hydrogens (tertiary/aromatic N) is 1. The van der Waals surface area contributed by atoms with Crippen LogP contribution in [-0.4, -0.2) is 17.6 Å². The maximum absolute atomic E-state index is 13.3. The number of alkyl halides is 3. The molecule has 0 saturated carbocycles. The van der Waals surface area contributed by atoms with Gasteiger partial charge in [-0.2, -0.15) is 0 Å². The molecule has 0 fully saturated rings. The van der Waals surface area contributed by atoms with Crippen LogP contribution in [0.25, 0.3) is 0 Å². The lowest BCUT2D eigenvalue weighted by atomic mass is 10.2. The molecule has 2 N–H and O–H groups in total. The molecule has 16 heavy (non-hydrogen) atoms. The number of nitrogens with two attached hydrogens (primary N) is 1. The number of aromatic nitrogens is 1. The Hall–Kier alpha value is -1.70. The van der Waals surface area contributed by atoms with Crippen LogP contribution in [0.15, 0.2) is 6.20 Å². The summed E-state index contributed by atoms with van der Waals surface area (Å²) < 4.78 is 52.5. The fourth-order valence-electron chi connectivity index (χ4n) is 0.966. The molecule has 88 valence electrons. The Kier molecular flexibility index (Phi) is 3.43. The minimum absolute atomic E-state index is 0.0114. The molecule has 1 aromatic heterocycles. The van der Waals surface area contributed by atoms with Crippen molar-refractivity contribution in [3.8, 4) is 5.75 Å². The summed E-state index contributed by atoms with van der Waals surface area (Å²) in [6.07, 6.45) is -4.32. The zero-order valence-electron chi connectivity index (χ0n) is 7.71. The summed E-state index contributed by atoms with van der Waals surface area (Å²) in [7, 11) is 0. The molecule has 0 saturated heterocycles. The summed E-state index contributed by atoms with van der Waals surface area (Å²) in [6, 6.07) is 0. The number of hydrogen-bond donors (Lipinski definition) is 1. The number of carbonyl (C=O) groups excluding carboxylic acids is 1. The van der Waals surface area contributed by atoms with Crippen molar-refractivity contribution >= 4 is 6.29 Å². The van der Waals surface area contributed by atoms with Gasteiger partial charge in [-0.25, -0.2) is 4.39 Å². The van der Waals surface area contributed by atoms with E-state index in [0.717, 1.165) is 6.20 Å². The predicted octanol–water partition coefficient (Wildman–Crippen LogP) is 1.39. The van der Waals surface area contributed by atoms with E-state index in [0.29, 0.717) is 0 Å². The lowest BCUT2D eigenvalue weighted by Gasteiger charge is -2.12. The highest BCUT2D eigenvalue weighted by Crippen LogP contribution is 2.29. The molecule has 0 unspecified atom stereocenters. The fraction of sp³-hybridized carbons (Fsp3) is 0.250. The largest absolute Gasteiger partial charge is 0.573 e. The van der Waals surface area contributed by atoms with Gasteiger partial charge in [0.25, 0.3) is 0 Å². The number of ether oxygens (including phenoxy) is 1. The lowest BCUT2D eigenvalue weighted by molar-refractivity contribution is -0.275. The molecule has 1 heterocycles. The average molecular weight is 238 g/mol. The van der Waals surface area contributed by atoms with E-state index in [9.17, 15) is 22.4 Å². The van der Waals surface area contributed by atoms with E-state index >= 15 is 0 Å². The molecular weight excluding hydrogens is 232 g/mol. The molecule has 1 rings (SSSR count). The van der Waals surface area contributed by atoms with Crippen molar-refractivity contribution in [1.82, 2.24) is 4.98 Å². The molecule has 0 amide bonds. The standard InChI is InChI=1S/C8H6F4N2O2/c9-6-5(1-13)14-2-4(3-15)7(6)16-8(10,11)12/h2-3H,1,13H2. The van der Waals surface area contributed by atoms with Gasteiger partial charge >= 0.3 is 6.36 Å². The first-order valence-electron chi connectivity index (χ1n) is 3.97. The van der Waals surface area contributed by atoms with Crippen molar-refractivity contribution in [1.29, 1.82) is 0 Å². The first-order valence-corrected chi connectivity index (χ1v) is 3.97. The first kappa shape index (κ1) is 12.4. The van der Waals surface area contributed by atoms with E-state index in [-0.39, 0.29) is 6.29 Å². The van der Waals surface area contributed by atoms with E-state index in [2.05, 4.69) is 9.72 Å². The summed E-state index contributed by atoms with van der Waals surface area (Å²) in [5, 5.41) is 0. The number of rotatable bonds is 3. The van der Waals surface area contributed by atoms with Crippen molar-refractivity contribution in [2.24, 2.45) is 5.73 Å². The smallest absolute Gasteiger partial charge is 0.402 e. The predicted molar refractivity (Wildman–Crippen MR) is 44.2 cm³/mol. The second kappa shape index (κ2) is 4.44. The minimum Gasteiger partial charge on any atom is -0.402 e. The highest BCUT2D eigenvalue weighted by Gasteiger charge is 2.34. The molecule has 0 radical (unpaired) electrons. The molecule has 0 aromatic carbocycles. The van der Waals surface area contributed by atoms with Crippen molar-refractivity contribution in [3.63, 3.8) is 0 Å². The SMILES string of the molecule is NCc1ncc(C=O)c(OC(F)(F)F)c1F. The number of carbonyl (C=O) groups is 1. The van der Waals surface area contributed by atoms with Crippen LogP contribution in [-0.2, 0) is 6.54 Å². The Balaban J connectivity index is 3.26. The van der Waals surface area contributed by atoms with Gasteiger partial charge in [0.05, 0.1) is 11.3 Å². The third-order valence-electron chi connectivity index (χ3n) is 1.61. The van der Waals surface area contributed by atoms with Crippen molar-refractivity contribution < 1.29 is 27.1 Å². The lowest BCUT2D eigenvalue weighted by Crippen LogP contribution is -2.20. The van der Waals surface area contributed by atoms with Gasteiger partial charge in [0.1, 0.15) is 0 Å². The average Bonchev–Trinajstić information content (AvgIpc) is 2.19. The zero-order valence-corrected chi connectivity index (χ0v) is 7.71. The third kappa shape index (κ3) is 2.66. The Morgan fingerprint density at radius 3 is 2.56 bits per heavy atom. The highest BCUT2D eigenvalue weighted by molar-refractivity contribution is 5.78. The quantitative estimate of drug-likeness (QED) is 0.638. The van der Waals surface area contributed by atoms with Gasteiger partial charge in [0, 0.05) is 12.7 Å². The normalized spacial score (nSPS) is 11.3. The highest BCUT2D eigenvalue weighted by atomic mass is 19.4. The Bertz CT molecular complexity index is 406. The summed E-state index contributed by atoms with van der Waals surface area (Å²) in [4.78, 5) is 13.8. The first-order chi connectivity index (χ1) is 7.39. The monoisotopic (exact) mass is 238 g/mol. The molecule has 0 aliphatic carbocycles. The second-order valence-electron chi connectivity index (χ2n) is 2.67. The van der Waals surface area contributed by atoms with Crippen LogP contribution in [0, 0.1) is 5.82 Å². The van der Waals surface area contributed by atoms with E-state index in [4.69, 9.17) is 5.73 Å². The molecule has 8 heteroatoms.